The number of hydrogen-bond donors (Lipinski definition) is 0. The molecule has 0 aliphatic rings. The van der Waals surface area contributed by atoms with Crippen LogP contribution in [0, 0.1) is 0 Å². The number of nitrogens with zero attached hydrogens (tertiary/aromatic N) is 2. The first-order valence-corrected chi connectivity index (χ1v) is 5.76. The monoisotopic (exact) mass is 306 g/mol. The first-order valence-electron chi connectivity index (χ1n) is 4.17. The van der Waals surface area contributed by atoms with Crippen LogP contribution < -0.4 is 4.90 Å². The van der Waals surface area contributed by atoms with E-state index in [9.17, 15) is 0 Å². The minimum absolute atomic E-state index is 0.991. The van der Waals surface area contributed by atoms with Gasteiger partial charge in [-0.3, -0.25) is 0 Å². The third-order valence-corrected chi connectivity index (χ3v) is 2.73. The lowest BCUT2D eigenvalue weighted by Crippen LogP contribution is -2.19. The van der Waals surface area contributed by atoms with E-state index in [0.29, 0.717) is 0 Å². The molecule has 0 atom stereocenters. The highest BCUT2D eigenvalue weighted by atomic mass is 79.9. The van der Waals surface area contributed by atoms with Crippen LogP contribution in [0.15, 0.2) is 21.2 Å². The second kappa shape index (κ2) is 4.96. The summed E-state index contributed by atoms with van der Waals surface area (Å²) < 4.78 is 2.02. The molecule has 0 saturated heterocycles. The molecule has 0 unspecified atom stereocenters. The molecule has 13 heavy (non-hydrogen) atoms. The fraction of sp³-hybridized carbons (Fsp3) is 0.444. The first kappa shape index (κ1) is 11.0. The number of pyridine rings is 1. The number of hydrogen-bond acceptors (Lipinski definition) is 2. The third-order valence-electron chi connectivity index (χ3n) is 1.71. The van der Waals surface area contributed by atoms with E-state index in [1.165, 1.54) is 0 Å². The fourth-order valence-electron chi connectivity index (χ4n) is 1.13. The molecule has 2 nitrogen and oxygen atoms in total. The summed E-state index contributed by atoms with van der Waals surface area (Å²) in [6.07, 6.45) is 2.94. The van der Waals surface area contributed by atoms with Crippen molar-refractivity contribution in [1.29, 1.82) is 0 Å². The number of aromatic nitrogens is 1. The van der Waals surface area contributed by atoms with E-state index >= 15 is 0 Å². The lowest BCUT2D eigenvalue weighted by molar-refractivity contribution is 0.835. The quantitative estimate of drug-likeness (QED) is 0.850. The second-order valence-electron chi connectivity index (χ2n) is 2.88. The zero-order valence-corrected chi connectivity index (χ0v) is 10.9. The van der Waals surface area contributed by atoms with Crippen LogP contribution in [0.5, 0.6) is 0 Å². The van der Waals surface area contributed by atoms with Crippen molar-refractivity contribution in [2.24, 2.45) is 0 Å². The molecule has 0 amide bonds. The highest BCUT2D eigenvalue weighted by Crippen LogP contribution is 2.25. The fourth-order valence-corrected chi connectivity index (χ4v) is 2.42. The Morgan fingerprint density at radius 2 is 2.15 bits per heavy atom. The predicted octanol–water partition coefficient (Wildman–Crippen LogP) is 3.45. The Kier molecular flexibility index (Phi) is 4.19. The number of anilines is 1. The Morgan fingerprint density at radius 3 is 2.69 bits per heavy atom. The molecule has 4 heteroatoms. The number of rotatable bonds is 3. The molecule has 1 heterocycles. The molecule has 0 aromatic carbocycles. The molecule has 0 spiro atoms. The Morgan fingerprint density at radius 1 is 1.46 bits per heavy atom. The summed E-state index contributed by atoms with van der Waals surface area (Å²) in [5.74, 6) is 0.991. The standard InChI is InChI=1S/C9H12Br2N2/c1-3-4-13(2)9-8(11)5-7(10)6-12-9/h5-6H,3-4H2,1-2H3. The van der Waals surface area contributed by atoms with Crippen molar-refractivity contribution in [3.8, 4) is 0 Å². The van der Waals surface area contributed by atoms with Gasteiger partial charge in [0.15, 0.2) is 0 Å². The average molecular weight is 308 g/mol. The predicted molar refractivity (Wildman–Crippen MR) is 63.2 cm³/mol. The zero-order chi connectivity index (χ0) is 9.84. The lowest BCUT2D eigenvalue weighted by atomic mass is 10.4. The molecule has 1 aromatic heterocycles. The van der Waals surface area contributed by atoms with Gasteiger partial charge in [0, 0.05) is 24.3 Å². The summed E-state index contributed by atoms with van der Waals surface area (Å²) in [6, 6.07) is 2.01. The number of halogens is 2. The smallest absolute Gasteiger partial charge is 0.142 e. The van der Waals surface area contributed by atoms with Crippen LogP contribution in [-0.2, 0) is 0 Å². The van der Waals surface area contributed by atoms with Crippen molar-refractivity contribution >= 4 is 37.7 Å². The van der Waals surface area contributed by atoms with Crippen molar-refractivity contribution in [2.75, 3.05) is 18.5 Å². The van der Waals surface area contributed by atoms with Crippen LogP contribution in [0.3, 0.4) is 0 Å². The normalized spacial score (nSPS) is 10.2. The van der Waals surface area contributed by atoms with Gasteiger partial charge in [-0.15, -0.1) is 0 Å². The van der Waals surface area contributed by atoms with E-state index in [1.807, 2.05) is 19.3 Å². The van der Waals surface area contributed by atoms with Gasteiger partial charge in [-0.2, -0.15) is 0 Å². The van der Waals surface area contributed by atoms with E-state index < -0.39 is 0 Å². The van der Waals surface area contributed by atoms with Crippen molar-refractivity contribution in [2.45, 2.75) is 13.3 Å². The Balaban J connectivity index is 2.88. The summed E-state index contributed by atoms with van der Waals surface area (Å²) in [6.45, 7) is 3.18. The Bertz CT molecular complexity index is 289. The summed E-state index contributed by atoms with van der Waals surface area (Å²) in [7, 11) is 2.05. The zero-order valence-electron chi connectivity index (χ0n) is 7.72. The van der Waals surface area contributed by atoms with E-state index in [2.05, 4.69) is 48.7 Å². The van der Waals surface area contributed by atoms with Crippen LogP contribution in [0.4, 0.5) is 5.82 Å². The van der Waals surface area contributed by atoms with Gasteiger partial charge in [-0.1, -0.05) is 6.92 Å². The van der Waals surface area contributed by atoms with Crippen molar-refractivity contribution in [1.82, 2.24) is 4.98 Å². The van der Waals surface area contributed by atoms with Gasteiger partial charge in [-0.25, -0.2) is 4.98 Å². The van der Waals surface area contributed by atoms with Gasteiger partial charge in [0.25, 0.3) is 0 Å². The maximum atomic E-state index is 4.33. The molecular weight excluding hydrogens is 296 g/mol. The molecule has 0 fully saturated rings. The van der Waals surface area contributed by atoms with Gasteiger partial charge in [0.2, 0.25) is 0 Å². The second-order valence-corrected chi connectivity index (χ2v) is 4.65. The molecule has 1 aromatic rings. The molecule has 0 radical (unpaired) electrons. The van der Waals surface area contributed by atoms with Gasteiger partial charge >= 0.3 is 0 Å². The lowest BCUT2D eigenvalue weighted by Gasteiger charge is -2.18. The van der Waals surface area contributed by atoms with Gasteiger partial charge in [-0.05, 0) is 44.3 Å². The highest BCUT2D eigenvalue weighted by molar-refractivity contribution is 9.11. The first-order chi connectivity index (χ1) is 6.15. The summed E-state index contributed by atoms with van der Waals surface area (Å²) >= 11 is 6.86. The molecular formula is C9H12Br2N2. The average Bonchev–Trinajstić information content (AvgIpc) is 2.04. The van der Waals surface area contributed by atoms with Crippen LogP contribution in [0.1, 0.15) is 13.3 Å². The molecule has 0 aliphatic carbocycles. The highest BCUT2D eigenvalue weighted by Gasteiger charge is 2.06. The molecule has 0 N–H and O–H groups in total. The third kappa shape index (κ3) is 2.95. The SMILES string of the molecule is CCCN(C)c1ncc(Br)cc1Br. The van der Waals surface area contributed by atoms with E-state index in [1.54, 1.807) is 0 Å². The maximum Gasteiger partial charge on any atom is 0.142 e. The van der Waals surface area contributed by atoms with Gasteiger partial charge in [0.1, 0.15) is 5.82 Å². The van der Waals surface area contributed by atoms with Crippen molar-refractivity contribution in [3.63, 3.8) is 0 Å². The van der Waals surface area contributed by atoms with Crippen LogP contribution >= 0.6 is 31.9 Å². The topological polar surface area (TPSA) is 16.1 Å². The Labute approximate surface area is 95.6 Å². The molecule has 0 bridgehead atoms. The summed E-state index contributed by atoms with van der Waals surface area (Å²) in [5.41, 5.74) is 0. The van der Waals surface area contributed by atoms with E-state index in [4.69, 9.17) is 0 Å². The van der Waals surface area contributed by atoms with Gasteiger partial charge < -0.3 is 4.90 Å². The molecule has 72 valence electrons. The van der Waals surface area contributed by atoms with E-state index in [0.717, 1.165) is 27.7 Å². The molecule has 0 aliphatic heterocycles. The summed E-state index contributed by atoms with van der Waals surface area (Å²) in [5, 5.41) is 0. The van der Waals surface area contributed by atoms with Crippen LogP contribution in [0.25, 0.3) is 0 Å². The summed E-state index contributed by atoms with van der Waals surface area (Å²) in [4.78, 5) is 6.46. The van der Waals surface area contributed by atoms with Gasteiger partial charge in [0.05, 0.1) is 4.47 Å². The van der Waals surface area contributed by atoms with Crippen molar-refractivity contribution < 1.29 is 0 Å². The largest absolute Gasteiger partial charge is 0.359 e. The van der Waals surface area contributed by atoms with Crippen molar-refractivity contribution in [3.05, 3.63) is 21.2 Å². The van der Waals surface area contributed by atoms with Crippen LogP contribution in [-0.4, -0.2) is 18.6 Å². The molecule has 1 rings (SSSR count). The van der Waals surface area contributed by atoms with E-state index in [-0.39, 0.29) is 0 Å². The Hall–Kier alpha value is -0.0900. The minimum Gasteiger partial charge on any atom is -0.359 e. The maximum absolute atomic E-state index is 4.33. The van der Waals surface area contributed by atoms with Crippen LogP contribution in [0.2, 0.25) is 0 Å². The molecule has 0 saturated carbocycles. The minimum atomic E-state index is 0.991.